The Morgan fingerprint density at radius 1 is 1.27 bits per heavy atom. The fraction of sp³-hybridized carbons (Fsp3) is 0.636. The molecule has 62 valence electrons. The van der Waals surface area contributed by atoms with Gasteiger partial charge < -0.3 is 0 Å². The quantitative estimate of drug-likeness (QED) is 0.367. The van der Waals surface area contributed by atoms with Crippen LogP contribution in [-0.4, -0.2) is 0 Å². The SMILES string of the molecule is C#C.C=C1CCCCC1(C)C. The summed E-state index contributed by atoms with van der Waals surface area (Å²) in [6.45, 7) is 8.67. The lowest BCUT2D eigenvalue weighted by Gasteiger charge is -2.31. The molecule has 0 amide bonds. The Labute approximate surface area is 70.7 Å². The van der Waals surface area contributed by atoms with E-state index in [0.29, 0.717) is 5.41 Å². The van der Waals surface area contributed by atoms with Crippen LogP contribution in [0, 0.1) is 18.3 Å². The number of hydrogen-bond donors (Lipinski definition) is 0. The normalized spacial score (nSPS) is 21.6. The van der Waals surface area contributed by atoms with Crippen LogP contribution in [0.5, 0.6) is 0 Å². The third kappa shape index (κ3) is 2.80. The molecule has 0 nitrogen and oxygen atoms in total. The molecule has 0 bridgehead atoms. The summed E-state index contributed by atoms with van der Waals surface area (Å²) in [6, 6.07) is 0. The van der Waals surface area contributed by atoms with Gasteiger partial charge in [-0.05, 0) is 24.7 Å². The second-order valence-electron chi connectivity index (χ2n) is 3.69. The first-order chi connectivity index (χ1) is 5.13. The average Bonchev–Trinajstić information content (AvgIpc) is 2.00. The molecule has 0 aromatic rings. The minimum atomic E-state index is 0.443. The summed E-state index contributed by atoms with van der Waals surface area (Å²) in [5, 5.41) is 0. The van der Waals surface area contributed by atoms with Gasteiger partial charge in [-0.15, -0.1) is 12.8 Å². The van der Waals surface area contributed by atoms with E-state index in [2.05, 4.69) is 33.3 Å². The van der Waals surface area contributed by atoms with Crippen LogP contribution in [0.3, 0.4) is 0 Å². The second-order valence-corrected chi connectivity index (χ2v) is 3.69. The van der Waals surface area contributed by atoms with Crippen LogP contribution in [0.2, 0.25) is 0 Å². The van der Waals surface area contributed by atoms with Crippen molar-refractivity contribution >= 4 is 0 Å². The molecule has 0 atom stereocenters. The van der Waals surface area contributed by atoms with E-state index < -0.39 is 0 Å². The van der Waals surface area contributed by atoms with E-state index in [1.807, 2.05) is 0 Å². The Hall–Kier alpha value is -0.700. The maximum Gasteiger partial charge on any atom is -0.0147 e. The third-order valence-corrected chi connectivity index (χ3v) is 2.49. The van der Waals surface area contributed by atoms with Gasteiger partial charge in [-0.25, -0.2) is 0 Å². The predicted molar refractivity (Wildman–Crippen MR) is 51.3 cm³/mol. The minimum absolute atomic E-state index is 0.443. The molecule has 1 saturated carbocycles. The highest BCUT2D eigenvalue weighted by molar-refractivity contribution is 5.08. The first-order valence-corrected chi connectivity index (χ1v) is 4.14. The number of terminal acetylenes is 1. The Balaban J connectivity index is 0.000000461. The third-order valence-electron chi connectivity index (χ3n) is 2.49. The summed E-state index contributed by atoms with van der Waals surface area (Å²) in [6.07, 6.45) is 13.4. The van der Waals surface area contributed by atoms with Crippen molar-refractivity contribution < 1.29 is 0 Å². The van der Waals surface area contributed by atoms with Gasteiger partial charge in [0.25, 0.3) is 0 Å². The number of allylic oxidation sites excluding steroid dienone is 1. The molecule has 1 fully saturated rings. The maximum atomic E-state index is 4.07. The predicted octanol–water partition coefficient (Wildman–Crippen LogP) is 3.39. The zero-order valence-electron chi connectivity index (χ0n) is 7.69. The second kappa shape index (κ2) is 4.23. The Morgan fingerprint density at radius 2 is 1.82 bits per heavy atom. The minimum Gasteiger partial charge on any atom is -0.124 e. The lowest BCUT2D eigenvalue weighted by molar-refractivity contribution is 0.338. The standard InChI is InChI=1S/C9H16.C2H2/c1-8-6-4-5-7-9(8,2)3;1-2/h1,4-7H2,2-3H3;1-2H. The van der Waals surface area contributed by atoms with Crippen molar-refractivity contribution in [1.82, 2.24) is 0 Å². The highest BCUT2D eigenvalue weighted by atomic mass is 14.3. The Kier molecular flexibility index (Phi) is 3.97. The molecule has 0 N–H and O–H groups in total. The van der Waals surface area contributed by atoms with Crippen molar-refractivity contribution in [2.45, 2.75) is 39.5 Å². The summed E-state index contributed by atoms with van der Waals surface area (Å²) < 4.78 is 0. The van der Waals surface area contributed by atoms with Crippen LogP contribution in [0.4, 0.5) is 0 Å². The Morgan fingerprint density at radius 3 is 2.09 bits per heavy atom. The Bertz CT molecular complexity index is 149. The van der Waals surface area contributed by atoms with E-state index in [1.54, 1.807) is 0 Å². The molecular weight excluding hydrogens is 132 g/mol. The zero-order chi connectivity index (χ0) is 8.91. The van der Waals surface area contributed by atoms with Crippen molar-refractivity contribution in [3.63, 3.8) is 0 Å². The van der Waals surface area contributed by atoms with Crippen molar-refractivity contribution in [2.75, 3.05) is 0 Å². The van der Waals surface area contributed by atoms with Crippen LogP contribution in [0.15, 0.2) is 12.2 Å². The summed E-state index contributed by atoms with van der Waals surface area (Å²) in [5.74, 6) is 0. The van der Waals surface area contributed by atoms with Crippen LogP contribution >= 0.6 is 0 Å². The fourth-order valence-electron chi connectivity index (χ4n) is 1.42. The molecule has 1 aliphatic rings. The number of rotatable bonds is 0. The van der Waals surface area contributed by atoms with Crippen molar-refractivity contribution in [2.24, 2.45) is 5.41 Å². The van der Waals surface area contributed by atoms with Crippen LogP contribution in [-0.2, 0) is 0 Å². The zero-order valence-corrected chi connectivity index (χ0v) is 7.69. The molecule has 1 rings (SSSR count). The largest absolute Gasteiger partial charge is 0.124 e. The molecule has 0 heterocycles. The molecule has 11 heavy (non-hydrogen) atoms. The highest BCUT2D eigenvalue weighted by Gasteiger charge is 2.24. The topological polar surface area (TPSA) is 0 Å². The van der Waals surface area contributed by atoms with Crippen LogP contribution in [0.25, 0.3) is 0 Å². The average molecular weight is 150 g/mol. The van der Waals surface area contributed by atoms with Gasteiger partial charge >= 0.3 is 0 Å². The molecular formula is C11H18. The lowest BCUT2D eigenvalue weighted by atomic mass is 9.74. The van der Waals surface area contributed by atoms with Gasteiger partial charge in [0, 0.05) is 0 Å². The van der Waals surface area contributed by atoms with E-state index >= 15 is 0 Å². The van der Waals surface area contributed by atoms with E-state index in [4.69, 9.17) is 0 Å². The van der Waals surface area contributed by atoms with Gasteiger partial charge in [0.15, 0.2) is 0 Å². The number of hydrogen-bond acceptors (Lipinski definition) is 0. The first kappa shape index (κ1) is 10.3. The molecule has 0 unspecified atom stereocenters. The van der Waals surface area contributed by atoms with Gasteiger partial charge in [-0.2, -0.15) is 0 Å². The van der Waals surface area contributed by atoms with E-state index in [0.717, 1.165) is 0 Å². The molecule has 0 saturated heterocycles. The smallest absolute Gasteiger partial charge is 0.0147 e. The van der Waals surface area contributed by atoms with Gasteiger partial charge in [-0.1, -0.05) is 32.4 Å². The molecule has 0 spiro atoms. The molecule has 1 aliphatic carbocycles. The van der Waals surface area contributed by atoms with Crippen LogP contribution < -0.4 is 0 Å². The van der Waals surface area contributed by atoms with E-state index in [1.165, 1.54) is 31.3 Å². The van der Waals surface area contributed by atoms with Crippen molar-refractivity contribution in [3.05, 3.63) is 12.2 Å². The summed E-state index contributed by atoms with van der Waals surface area (Å²) >= 11 is 0. The van der Waals surface area contributed by atoms with Gasteiger partial charge in [0.2, 0.25) is 0 Å². The molecule has 0 aromatic heterocycles. The van der Waals surface area contributed by atoms with E-state index in [9.17, 15) is 0 Å². The summed E-state index contributed by atoms with van der Waals surface area (Å²) in [5.41, 5.74) is 1.90. The lowest BCUT2D eigenvalue weighted by Crippen LogP contribution is -2.17. The van der Waals surface area contributed by atoms with Crippen LogP contribution in [0.1, 0.15) is 39.5 Å². The van der Waals surface area contributed by atoms with Gasteiger partial charge in [0.05, 0.1) is 0 Å². The molecule has 0 aliphatic heterocycles. The fourth-order valence-corrected chi connectivity index (χ4v) is 1.42. The van der Waals surface area contributed by atoms with Gasteiger partial charge in [-0.3, -0.25) is 0 Å². The monoisotopic (exact) mass is 150 g/mol. The maximum absolute atomic E-state index is 4.07. The molecule has 0 radical (unpaired) electrons. The molecule has 0 heteroatoms. The molecule has 0 aromatic carbocycles. The van der Waals surface area contributed by atoms with Crippen molar-refractivity contribution in [3.8, 4) is 12.8 Å². The summed E-state index contributed by atoms with van der Waals surface area (Å²) in [7, 11) is 0. The summed E-state index contributed by atoms with van der Waals surface area (Å²) in [4.78, 5) is 0. The van der Waals surface area contributed by atoms with E-state index in [-0.39, 0.29) is 0 Å². The first-order valence-electron chi connectivity index (χ1n) is 4.14. The van der Waals surface area contributed by atoms with Gasteiger partial charge in [0.1, 0.15) is 0 Å². The highest BCUT2D eigenvalue weighted by Crippen LogP contribution is 2.38. The van der Waals surface area contributed by atoms with Crippen molar-refractivity contribution in [1.29, 1.82) is 0 Å².